The molecule has 0 saturated carbocycles. The normalized spacial score (nSPS) is 10.9. The van der Waals surface area contributed by atoms with Crippen molar-refractivity contribution in [2.24, 2.45) is 0 Å². The van der Waals surface area contributed by atoms with E-state index >= 15 is 0 Å². The second-order valence-electron chi connectivity index (χ2n) is 7.80. The molecule has 4 rings (SSSR count). The zero-order valence-electron chi connectivity index (χ0n) is 18.2. The number of amides is 1. The first-order valence-electron chi connectivity index (χ1n) is 10.5. The molecule has 2 aromatic heterocycles. The molecule has 0 unspecified atom stereocenters. The Labute approximate surface area is 182 Å². The summed E-state index contributed by atoms with van der Waals surface area (Å²) in [5.74, 6) is -0.119. The predicted octanol–water partition coefficient (Wildman–Crippen LogP) is 4.48. The molecule has 2 heterocycles. The number of carbonyl (C=O) groups excluding carboxylic acids is 1. The molecule has 0 aliphatic rings. The molecule has 0 radical (unpaired) electrons. The van der Waals surface area contributed by atoms with Gasteiger partial charge >= 0.3 is 0 Å². The molecule has 0 fully saturated rings. The molecular weight excluding hydrogens is 386 g/mol. The van der Waals surface area contributed by atoms with E-state index < -0.39 is 0 Å². The summed E-state index contributed by atoms with van der Waals surface area (Å²) in [6, 6.07) is 20.0. The van der Waals surface area contributed by atoms with Gasteiger partial charge in [-0.3, -0.25) is 9.48 Å². The highest BCUT2D eigenvalue weighted by atomic mass is 16.1. The fourth-order valence-electron chi connectivity index (χ4n) is 3.61. The average molecular weight is 414 g/mol. The lowest BCUT2D eigenvalue weighted by Gasteiger charge is -2.07. The van der Waals surface area contributed by atoms with Gasteiger partial charge in [0.2, 0.25) is 0 Å². The van der Waals surface area contributed by atoms with Crippen LogP contribution in [0.25, 0.3) is 16.9 Å². The Balaban J connectivity index is 1.52. The number of aryl methyl sites for hydroxylation is 4. The number of benzene rings is 2. The van der Waals surface area contributed by atoms with Gasteiger partial charge in [-0.2, -0.15) is 10.2 Å². The minimum atomic E-state index is -0.119. The lowest BCUT2D eigenvalue weighted by Crippen LogP contribution is -2.25. The Morgan fingerprint density at radius 3 is 2.39 bits per heavy atom. The molecular formula is C25H27N5O. The highest BCUT2D eigenvalue weighted by Crippen LogP contribution is 2.24. The maximum Gasteiger partial charge on any atom is 0.255 e. The van der Waals surface area contributed by atoms with Crippen molar-refractivity contribution in [2.75, 3.05) is 6.54 Å². The van der Waals surface area contributed by atoms with Crippen LogP contribution in [0.2, 0.25) is 0 Å². The largest absolute Gasteiger partial charge is 0.352 e. The molecule has 0 spiro atoms. The molecule has 0 aliphatic carbocycles. The van der Waals surface area contributed by atoms with E-state index in [1.165, 1.54) is 5.56 Å². The van der Waals surface area contributed by atoms with E-state index in [-0.39, 0.29) is 5.91 Å². The predicted molar refractivity (Wildman–Crippen MR) is 122 cm³/mol. The van der Waals surface area contributed by atoms with E-state index in [4.69, 9.17) is 5.10 Å². The number of nitrogens with one attached hydrogen (secondary N) is 1. The van der Waals surface area contributed by atoms with Gasteiger partial charge in [0.15, 0.2) is 0 Å². The second-order valence-corrected chi connectivity index (χ2v) is 7.80. The van der Waals surface area contributed by atoms with Crippen molar-refractivity contribution in [2.45, 2.75) is 33.7 Å². The minimum absolute atomic E-state index is 0.119. The zero-order valence-corrected chi connectivity index (χ0v) is 18.2. The van der Waals surface area contributed by atoms with Crippen LogP contribution in [0, 0.1) is 20.8 Å². The molecule has 4 aromatic rings. The van der Waals surface area contributed by atoms with Crippen LogP contribution in [0.5, 0.6) is 0 Å². The van der Waals surface area contributed by atoms with Gasteiger partial charge < -0.3 is 5.32 Å². The molecule has 158 valence electrons. The highest BCUT2D eigenvalue weighted by Gasteiger charge is 2.18. The number of rotatable bonds is 7. The van der Waals surface area contributed by atoms with E-state index in [9.17, 15) is 4.79 Å². The summed E-state index contributed by atoms with van der Waals surface area (Å²) in [6.07, 6.45) is 2.61. The number of hydrogen-bond acceptors (Lipinski definition) is 3. The SMILES string of the molecule is Cc1ccc(-c2nn(-c3ccccc3)cc2C(=O)NCCCn2nc(C)cc2C)cc1. The van der Waals surface area contributed by atoms with Crippen LogP contribution in [0.3, 0.4) is 0 Å². The zero-order chi connectivity index (χ0) is 21.8. The second kappa shape index (κ2) is 9.00. The summed E-state index contributed by atoms with van der Waals surface area (Å²) in [5, 5.41) is 12.3. The van der Waals surface area contributed by atoms with Crippen molar-refractivity contribution in [3.05, 3.63) is 89.4 Å². The van der Waals surface area contributed by atoms with E-state index in [2.05, 4.69) is 16.5 Å². The smallest absolute Gasteiger partial charge is 0.255 e. The third-order valence-corrected chi connectivity index (χ3v) is 5.24. The fourth-order valence-corrected chi connectivity index (χ4v) is 3.61. The molecule has 0 atom stereocenters. The van der Waals surface area contributed by atoms with Crippen molar-refractivity contribution < 1.29 is 4.79 Å². The van der Waals surface area contributed by atoms with Gasteiger partial charge in [-0.15, -0.1) is 0 Å². The topological polar surface area (TPSA) is 64.7 Å². The van der Waals surface area contributed by atoms with Crippen LogP contribution in [-0.4, -0.2) is 32.0 Å². The number of aromatic nitrogens is 4. The minimum Gasteiger partial charge on any atom is -0.352 e. The third-order valence-electron chi connectivity index (χ3n) is 5.24. The molecule has 1 N–H and O–H groups in total. The number of carbonyl (C=O) groups is 1. The first-order valence-corrected chi connectivity index (χ1v) is 10.5. The number of nitrogens with zero attached hydrogens (tertiary/aromatic N) is 4. The van der Waals surface area contributed by atoms with Crippen LogP contribution in [0.15, 0.2) is 66.9 Å². The van der Waals surface area contributed by atoms with Crippen LogP contribution >= 0.6 is 0 Å². The van der Waals surface area contributed by atoms with Gasteiger partial charge in [0.05, 0.1) is 16.9 Å². The average Bonchev–Trinajstić information content (AvgIpc) is 3.35. The fraction of sp³-hybridized carbons (Fsp3) is 0.240. The molecule has 31 heavy (non-hydrogen) atoms. The molecule has 0 aliphatic heterocycles. The van der Waals surface area contributed by atoms with Gasteiger partial charge in [0, 0.05) is 30.5 Å². The summed E-state index contributed by atoms with van der Waals surface area (Å²) in [4.78, 5) is 13.0. The van der Waals surface area contributed by atoms with E-state index in [0.29, 0.717) is 17.8 Å². The summed E-state index contributed by atoms with van der Waals surface area (Å²) >= 11 is 0. The van der Waals surface area contributed by atoms with Crippen LogP contribution in [0.4, 0.5) is 0 Å². The maximum atomic E-state index is 13.0. The van der Waals surface area contributed by atoms with Crippen molar-refractivity contribution in [1.82, 2.24) is 24.9 Å². The first-order chi connectivity index (χ1) is 15.0. The molecule has 2 aromatic carbocycles. The van der Waals surface area contributed by atoms with Crippen molar-refractivity contribution in [1.29, 1.82) is 0 Å². The Morgan fingerprint density at radius 2 is 1.71 bits per heavy atom. The van der Waals surface area contributed by atoms with Gasteiger partial charge in [-0.1, -0.05) is 48.0 Å². The van der Waals surface area contributed by atoms with Gasteiger partial charge in [-0.25, -0.2) is 4.68 Å². The van der Waals surface area contributed by atoms with Crippen LogP contribution in [0.1, 0.15) is 33.7 Å². The lowest BCUT2D eigenvalue weighted by molar-refractivity contribution is 0.0953. The Bertz CT molecular complexity index is 1170. The van der Waals surface area contributed by atoms with Crippen LogP contribution < -0.4 is 5.32 Å². The van der Waals surface area contributed by atoms with E-state index in [1.807, 2.05) is 80.1 Å². The summed E-state index contributed by atoms with van der Waals surface area (Å²) in [5.41, 5.74) is 6.40. The van der Waals surface area contributed by atoms with Crippen molar-refractivity contribution >= 4 is 5.91 Å². The molecule has 6 nitrogen and oxygen atoms in total. The van der Waals surface area contributed by atoms with Gasteiger partial charge in [0.1, 0.15) is 5.69 Å². The third kappa shape index (κ3) is 4.74. The van der Waals surface area contributed by atoms with E-state index in [1.54, 1.807) is 10.9 Å². The maximum absolute atomic E-state index is 13.0. The number of para-hydroxylation sites is 1. The molecule has 0 saturated heterocycles. The molecule has 0 bridgehead atoms. The van der Waals surface area contributed by atoms with Crippen molar-refractivity contribution in [3.63, 3.8) is 0 Å². The van der Waals surface area contributed by atoms with Gasteiger partial charge in [-0.05, 0) is 45.4 Å². The number of hydrogen-bond donors (Lipinski definition) is 1. The highest BCUT2D eigenvalue weighted by molar-refractivity contribution is 5.99. The Morgan fingerprint density at radius 1 is 0.968 bits per heavy atom. The quantitative estimate of drug-likeness (QED) is 0.454. The Kier molecular flexibility index (Phi) is 5.98. The molecule has 1 amide bonds. The standard InChI is InChI=1S/C25H27N5O/c1-18-10-12-21(13-11-18)24-23(17-30(28-24)22-8-5-4-6-9-22)25(31)26-14-7-15-29-20(3)16-19(2)27-29/h4-6,8-13,16-17H,7,14-15H2,1-3H3,(H,26,31). The molecule has 6 heteroatoms. The van der Waals surface area contributed by atoms with Crippen molar-refractivity contribution in [3.8, 4) is 16.9 Å². The van der Waals surface area contributed by atoms with Crippen LogP contribution in [-0.2, 0) is 6.54 Å². The Hall–Kier alpha value is -3.67. The monoisotopic (exact) mass is 413 g/mol. The lowest BCUT2D eigenvalue weighted by atomic mass is 10.1. The first kappa shape index (κ1) is 20.6. The van der Waals surface area contributed by atoms with E-state index in [0.717, 1.165) is 35.6 Å². The summed E-state index contributed by atoms with van der Waals surface area (Å²) < 4.78 is 3.74. The summed E-state index contributed by atoms with van der Waals surface area (Å²) in [7, 11) is 0. The van der Waals surface area contributed by atoms with Gasteiger partial charge in [0.25, 0.3) is 5.91 Å². The summed E-state index contributed by atoms with van der Waals surface area (Å²) in [6.45, 7) is 7.42.